The number of carbonyl (C=O) groups excluding carboxylic acids is 2. The molecule has 0 saturated heterocycles. The Morgan fingerprint density at radius 3 is 2.53 bits per heavy atom. The van der Waals surface area contributed by atoms with E-state index in [1.807, 2.05) is 6.92 Å². The normalized spacial score (nSPS) is 10.3. The van der Waals surface area contributed by atoms with Crippen LogP contribution in [0.4, 0.5) is 14.5 Å². The van der Waals surface area contributed by atoms with E-state index in [1.54, 1.807) is 0 Å². The van der Waals surface area contributed by atoms with Gasteiger partial charge in [-0.1, -0.05) is 6.92 Å². The highest BCUT2D eigenvalue weighted by Crippen LogP contribution is 2.19. The predicted molar refractivity (Wildman–Crippen MR) is 66.7 cm³/mol. The number of hydrogen-bond acceptors (Lipinski definition) is 3. The molecule has 0 atom stereocenters. The van der Waals surface area contributed by atoms with E-state index in [4.69, 9.17) is 5.73 Å². The van der Waals surface area contributed by atoms with Gasteiger partial charge in [0.2, 0.25) is 5.91 Å². The first-order valence-corrected chi connectivity index (χ1v) is 5.75. The van der Waals surface area contributed by atoms with Gasteiger partial charge in [0.1, 0.15) is 11.6 Å². The van der Waals surface area contributed by atoms with Gasteiger partial charge in [-0.05, 0) is 12.6 Å². The maximum absolute atomic E-state index is 13.4. The standard InChI is InChI=1S/C12H15F2N3O2/c1-2-16-4-3-11(18)17-10-5-7(12(15)19)8(13)6-9(10)14/h5-6,16H,2-4H2,1H3,(H2,15,19)(H,17,18). The Morgan fingerprint density at radius 1 is 1.26 bits per heavy atom. The van der Waals surface area contributed by atoms with Crippen molar-refractivity contribution in [3.63, 3.8) is 0 Å². The fraction of sp³-hybridized carbons (Fsp3) is 0.333. The molecule has 0 aliphatic carbocycles. The van der Waals surface area contributed by atoms with E-state index in [0.717, 1.165) is 6.07 Å². The highest BCUT2D eigenvalue weighted by atomic mass is 19.1. The summed E-state index contributed by atoms with van der Waals surface area (Å²) in [6.45, 7) is 3.04. The van der Waals surface area contributed by atoms with Gasteiger partial charge >= 0.3 is 0 Å². The summed E-state index contributed by atoms with van der Waals surface area (Å²) in [6, 6.07) is 1.40. The minimum absolute atomic E-state index is 0.135. The highest BCUT2D eigenvalue weighted by molar-refractivity contribution is 5.96. The Bertz CT molecular complexity index is 492. The summed E-state index contributed by atoms with van der Waals surface area (Å²) in [5, 5.41) is 5.19. The summed E-state index contributed by atoms with van der Waals surface area (Å²) in [6.07, 6.45) is 0.135. The lowest BCUT2D eigenvalue weighted by Gasteiger charge is -2.08. The number of nitrogens with two attached hydrogens (primary N) is 1. The van der Waals surface area contributed by atoms with Gasteiger partial charge in [0.25, 0.3) is 5.91 Å². The Hall–Kier alpha value is -2.02. The number of hydrogen-bond donors (Lipinski definition) is 3. The molecule has 0 bridgehead atoms. The van der Waals surface area contributed by atoms with Crippen LogP contribution in [0, 0.1) is 11.6 Å². The molecule has 19 heavy (non-hydrogen) atoms. The molecular formula is C12H15F2N3O2. The lowest BCUT2D eigenvalue weighted by atomic mass is 10.1. The Balaban J connectivity index is 2.80. The number of benzene rings is 1. The van der Waals surface area contributed by atoms with Gasteiger partial charge in [-0.2, -0.15) is 0 Å². The van der Waals surface area contributed by atoms with Crippen LogP contribution >= 0.6 is 0 Å². The van der Waals surface area contributed by atoms with Gasteiger partial charge in [0, 0.05) is 19.0 Å². The molecular weight excluding hydrogens is 256 g/mol. The third-order valence-electron chi connectivity index (χ3n) is 2.38. The Kier molecular flexibility index (Phi) is 5.37. The van der Waals surface area contributed by atoms with Crippen LogP contribution < -0.4 is 16.4 Å². The molecule has 0 heterocycles. The van der Waals surface area contributed by atoms with Crippen molar-refractivity contribution in [2.75, 3.05) is 18.4 Å². The van der Waals surface area contributed by atoms with E-state index in [2.05, 4.69) is 10.6 Å². The van der Waals surface area contributed by atoms with Crippen LogP contribution in [0.1, 0.15) is 23.7 Å². The molecule has 0 radical (unpaired) electrons. The lowest BCUT2D eigenvalue weighted by Crippen LogP contribution is -2.22. The second-order valence-electron chi connectivity index (χ2n) is 3.83. The van der Waals surface area contributed by atoms with Crippen LogP contribution in [-0.4, -0.2) is 24.9 Å². The number of amides is 2. The minimum Gasteiger partial charge on any atom is -0.366 e. The summed E-state index contributed by atoms with van der Waals surface area (Å²) < 4.78 is 26.6. The second kappa shape index (κ2) is 6.79. The molecule has 0 aliphatic rings. The van der Waals surface area contributed by atoms with Crippen LogP contribution in [-0.2, 0) is 4.79 Å². The smallest absolute Gasteiger partial charge is 0.251 e. The first-order valence-electron chi connectivity index (χ1n) is 5.75. The first-order chi connectivity index (χ1) is 8.95. The number of carbonyl (C=O) groups is 2. The van der Waals surface area contributed by atoms with E-state index < -0.39 is 29.0 Å². The molecule has 0 fully saturated rings. The largest absolute Gasteiger partial charge is 0.366 e. The predicted octanol–water partition coefficient (Wildman–Crippen LogP) is 1.00. The maximum Gasteiger partial charge on any atom is 0.251 e. The van der Waals surface area contributed by atoms with E-state index in [9.17, 15) is 18.4 Å². The number of halogens is 2. The summed E-state index contributed by atoms with van der Waals surface area (Å²) in [5.74, 6) is -3.49. The van der Waals surface area contributed by atoms with E-state index in [1.165, 1.54) is 0 Å². The van der Waals surface area contributed by atoms with Crippen molar-refractivity contribution in [3.05, 3.63) is 29.3 Å². The van der Waals surface area contributed by atoms with Gasteiger partial charge in [0.15, 0.2) is 0 Å². The lowest BCUT2D eigenvalue weighted by molar-refractivity contribution is -0.116. The number of nitrogens with one attached hydrogen (secondary N) is 2. The van der Waals surface area contributed by atoms with E-state index in [0.29, 0.717) is 19.2 Å². The van der Waals surface area contributed by atoms with Gasteiger partial charge in [-0.25, -0.2) is 8.78 Å². The topological polar surface area (TPSA) is 84.2 Å². The van der Waals surface area contributed by atoms with Gasteiger partial charge in [-0.3, -0.25) is 9.59 Å². The molecule has 0 spiro atoms. The minimum atomic E-state index is -1.06. The SMILES string of the molecule is CCNCCC(=O)Nc1cc(C(N)=O)c(F)cc1F. The number of primary amides is 1. The average Bonchev–Trinajstić information content (AvgIpc) is 2.32. The van der Waals surface area contributed by atoms with E-state index in [-0.39, 0.29) is 12.1 Å². The quantitative estimate of drug-likeness (QED) is 0.675. The Labute approximate surface area is 109 Å². The molecule has 0 aromatic heterocycles. The van der Waals surface area contributed by atoms with Crippen molar-refractivity contribution >= 4 is 17.5 Å². The molecule has 0 unspecified atom stereocenters. The average molecular weight is 271 g/mol. The van der Waals surface area contributed by atoms with Crippen molar-refractivity contribution in [2.45, 2.75) is 13.3 Å². The van der Waals surface area contributed by atoms with Crippen molar-refractivity contribution < 1.29 is 18.4 Å². The van der Waals surface area contributed by atoms with Gasteiger partial charge in [0.05, 0.1) is 11.3 Å². The number of anilines is 1. The Morgan fingerprint density at radius 2 is 1.95 bits per heavy atom. The first kappa shape index (κ1) is 15.0. The molecule has 0 saturated carbocycles. The van der Waals surface area contributed by atoms with Crippen molar-refractivity contribution in [3.8, 4) is 0 Å². The van der Waals surface area contributed by atoms with Gasteiger partial charge < -0.3 is 16.4 Å². The third-order valence-corrected chi connectivity index (χ3v) is 2.38. The zero-order valence-electron chi connectivity index (χ0n) is 10.4. The fourth-order valence-corrected chi connectivity index (χ4v) is 1.43. The molecule has 1 aromatic rings. The van der Waals surface area contributed by atoms with Crippen LogP contribution in [0.15, 0.2) is 12.1 Å². The van der Waals surface area contributed by atoms with Gasteiger partial charge in [-0.15, -0.1) is 0 Å². The highest BCUT2D eigenvalue weighted by Gasteiger charge is 2.15. The van der Waals surface area contributed by atoms with Crippen LogP contribution in [0.2, 0.25) is 0 Å². The molecule has 7 heteroatoms. The van der Waals surface area contributed by atoms with Crippen LogP contribution in [0.3, 0.4) is 0 Å². The van der Waals surface area contributed by atoms with Crippen LogP contribution in [0.5, 0.6) is 0 Å². The molecule has 2 amide bonds. The number of rotatable bonds is 6. The molecule has 104 valence electrons. The fourth-order valence-electron chi connectivity index (χ4n) is 1.43. The zero-order chi connectivity index (χ0) is 14.4. The van der Waals surface area contributed by atoms with Crippen LogP contribution in [0.25, 0.3) is 0 Å². The van der Waals surface area contributed by atoms with E-state index >= 15 is 0 Å². The molecule has 5 nitrogen and oxygen atoms in total. The van der Waals surface area contributed by atoms with Crippen molar-refractivity contribution in [1.82, 2.24) is 5.32 Å². The maximum atomic E-state index is 13.4. The summed E-state index contributed by atoms with van der Waals surface area (Å²) in [7, 11) is 0. The monoisotopic (exact) mass is 271 g/mol. The summed E-state index contributed by atoms with van der Waals surface area (Å²) in [4.78, 5) is 22.4. The summed E-state index contributed by atoms with van der Waals surface area (Å²) >= 11 is 0. The van der Waals surface area contributed by atoms with Crippen molar-refractivity contribution in [2.24, 2.45) is 5.73 Å². The molecule has 4 N–H and O–H groups in total. The summed E-state index contributed by atoms with van der Waals surface area (Å²) in [5.41, 5.74) is 4.20. The zero-order valence-corrected chi connectivity index (χ0v) is 10.4. The third kappa shape index (κ3) is 4.29. The molecule has 1 rings (SSSR count). The molecule has 1 aromatic carbocycles. The second-order valence-corrected chi connectivity index (χ2v) is 3.83. The molecule has 0 aliphatic heterocycles. The van der Waals surface area contributed by atoms with Crippen molar-refractivity contribution in [1.29, 1.82) is 0 Å².